The van der Waals surface area contributed by atoms with E-state index in [-0.39, 0.29) is 9.92 Å². The molecule has 1 aliphatic heterocycles. The van der Waals surface area contributed by atoms with Gasteiger partial charge in [-0.1, -0.05) is 16.8 Å². The molecule has 9 heteroatoms. The van der Waals surface area contributed by atoms with E-state index >= 15 is 0 Å². The van der Waals surface area contributed by atoms with Crippen LogP contribution in [0.25, 0.3) is 0 Å². The minimum atomic E-state index is -3.86. The van der Waals surface area contributed by atoms with Crippen LogP contribution < -0.4 is 0 Å². The van der Waals surface area contributed by atoms with Gasteiger partial charge in [0.25, 0.3) is 0 Å². The number of aryl methyl sites for hydroxylation is 1. The molecule has 0 amide bonds. The van der Waals surface area contributed by atoms with Crippen LogP contribution in [-0.2, 0) is 16.6 Å². The second kappa shape index (κ2) is 6.79. The van der Waals surface area contributed by atoms with Crippen molar-refractivity contribution in [3.8, 4) is 0 Å². The molecule has 0 unspecified atom stereocenters. The van der Waals surface area contributed by atoms with Crippen molar-refractivity contribution in [1.82, 2.24) is 14.4 Å². The Bertz CT molecular complexity index is 832. The third kappa shape index (κ3) is 3.61. The third-order valence-electron chi connectivity index (χ3n) is 3.91. The summed E-state index contributed by atoms with van der Waals surface area (Å²) < 4.78 is 45.4. The van der Waals surface area contributed by atoms with Crippen molar-refractivity contribution in [3.05, 3.63) is 46.6 Å². The molecule has 0 saturated carbocycles. The quantitative estimate of drug-likeness (QED) is 0.822. The maximum atomic E-state index is 13.9. The standard InChI is InChI=1S/C15H17ClFN3O3S/c1-11-8-13(18-23-11)10-19-4-6-20(7-5-19)24(21,22)15-3-2-12(16)9-14(15)17/h2-3,8-9H,4-7,10H2,1H3. The summed E-state index contributed by atoms with van der Waals surface area (Å²) in [6.45, 7) is 4.09. The molecule has 1 aliphatic rings. The lowest BCUT2D eigenvalue weighted by atomic mass is 10.3. The average molecular weight is 374 g/mol. The monoisotopic (exact) mass is 373 g/mol. The summed E-state index contributed by atoms with van der Waals surface area (Å²) in [7, 11) is -3.86. The van der Waals surface area contributed by atoms with Gasteiger partial charge in [-0.05, 0) is 25.1 Å². The predicted octanol–water partition coefficient (Wildman–Crippen LogP) is 2.28. The highest BCUT2D eigenvalue weighted by Gasteiger charge is 2.30. The summed E-state index contributed by atoms with van der Waals surface area (Å²) in [5, 5.41) is 4.10. The Labute approximate surface area is 144 Å². The van der Waals surface area contributed by atoms with E-state index in [0.29, 0.717) is 32.7 Å². The summed E-state index contributed by atoms with van der Waals surface area (Å²) >= 11 is 5.68. The van der Waals surface area contributed by atoms with E-state index in [9.17, 15) is 12.8 Å². The molecule has 0 aliphatic carbocycles. The number of halogens is 2. The van der Waals surface area contributed by atoms with Crippen LogP contribution in [0.15, 0.2) is 33.7 Å². The van der Waals surface area contributed by atoms with Gasteiger partial charge in [0, 0.05) is 43.8 Å². The Hall–Kier alpha value is -1.48. The fourth-order valence-corrected chi connectivity index (χ4v) is 4.30. The molecule has 0 spiro atoms. The fourth-order valence-electron chi connectivity index (χ4n) is 2.67. The van der Waals surface area contributed by atoms with Crippen LogP contribution in [-0.4, -0.2) is 49.0 Å². The molecule has 1 saturated heterocycles. The lowest BCUT2D eigenvalue weighted by Gasteiger charge is -2.33. The van der Waals surface area contributed by atoms with Crippen LogP contribution in [0.2, 0.25) is 5.02 Å². The van der Waals surface area contributed by atoms with Gasteiger partial charge in [-0.3, -0.25) is 4.90 Å². The molecule has 1 aromatic carbocycles. The largest absolute Gasteiger partial charge is 0.361 e. The van der Waals surface area contributed by atoms with Crippen molar-refractivity contribution in [1.29, 1.82) is 0 Å². The molecule has 0 radical (unpaired) electrons. The molecule has 0 bridgehead atoms. The van der Waals surface area contributed by atoms with E-state index in [1.54, 1.807) is 0 Å². The summed E-state index contributed by atoms with van der Waals surface area (Å²) in [6, 6.07) is 5.45. The molecule has 2 aromatic rings. The van der Waals surface area contributed by atoms with Crippen molar-refractivity contribution < 1.29 is 17.3 Å². The molecule has 130 valence electrons. The number of hydrogen-bond acceptors (Lipinski definition) is 5. The first-order chi connectivity index (χ1) is 11.4. The van der Waals surface area contributed by atoms with E-state index in [4.69, 9.17) is 16.1 Å². The van der Waals surface area contributed by atoms with E-state index in [0.717, 1.165) is 17.5 Å². The van der Waals surface area contributed by atoms with Crippen molar-refractivity contribution in [2.75, 3.05) is 26.2 Å². The first kappa shape index (κ1) is 17.3. The fraction of sp³-hybridized carbons (Fsp3) is 0.400. The average Bonchev–Trinajstić information content (AvgIpc) is 2.92. The molecule has 6 nitrogen and oxygen atoms in total. The van der Waals surface area contributed by atoms with Gasteiger partial charge in [0.1, 0.15) is 16.5 Å². The minimum Gasteiger partial charge on any atom is -0.361 e. The SMILES string of the molecule is Cc1cc(CN2CCN(S(=O)(=O)c3ccc(Cl)cc3F)CC2)no1. The van der Waals surface area contributed by atoms with Crippen LogP contribution in [0.5, 0.6) is 0 Å². The smallest absolute Gasteiger partial charge is 0.246 e. The van der Waals surface area contributed by atoms with E-state index < -0.39 is 15.8 Å². The second-order valence-electron chi connectivity index (χ2n) is 5.68. The number of sulfonamides is 1. The topological polar surface area (TPSA) is 66.7 Å². The number of hydrogen-bond donors (Lipinski definition) is 0. The maximum Gasteiger partial charge on any atom is 0.246 e. The Morgan fingerprint density at radius 3 is 2.54 bits per heavy atom. The number of aromatic nitrogens is 1. The molecule has 0 N–H and O–H groups in total. The molecule has 2 heterocycles. The molecule has 1 fully saturated rings. The zero-order chi connectivity index (χ0) is 17.3. The Morgan fingerprint density at radius 1 is 1.25 bits per heavy atom. The van der Waals surface area contributed by atoms with Crippen LogP contribution in [0.3, 0.4) is 0 Å². The van der Waals surface area contributed by atoms with Crippen molar-refractivity contribution >= 4 is 21.6 Å². The van der Waals surface area contributed by atoms with Gasteiger partial charge in [0.15, 0.2) is 0 Å². The Morgan fingerprint density at radius 2 is 1.96 bits per heavy atom. The molecule has 24 heavy (non-hydrogen) atoms. The lowest BCUT2D eigenvalue weighted by Crippen LogP contribution is -2.48. The van der Waals surface area contributed by atoms with Crippen molar-refractivity contribution in [2.24, 2.45) is 0 Å². The van der Waals surface area contributed by atoms with Gasteiger partial charge >= 0.3 is 0 Å². The first-order valence-electron chi connectivity index (χ1n) is 7.46. The normalized spacial score (nSPS) is 17.3. The number of rotatable bonds is 4. The number of nitrogens with zero attached hydrogens (tertiary/aromatic N) is 3. The summed E-state index contributed by atoms with van der Waals surface area (Å²) in [4.78, 5) is 1.74. The first-order valence-corrected chi connectivity index (χ1v) is 9.28. The van der Waals surface area contributed by atoms with Gasteiger partial charge in [-0.25, -0.2) is 12.8 Å². The highest BCUT2D eigenvalue weighted by Crippen LogP contribution is 2.23. The number of piperazine rings is 1. The lowest BCUT2D eigenvalue weighted by molar-refractivity contribution is 0.177. The van der Waals surface area contributed by atoms with E-state index in [1.165, 1.54) is 16.4 Å². The van der Waals surface area contributed by atoms with E-state index in [2.05, 4.69) is 10.1 Å². The Kier molecular flexibility index (Phi) is 4.91. The van der Waals surface area contributed by atoms with Gasteiger partial charge in [0.05, 0.1) is 5.69 Å². The molecular weight excluding hydrogens is 357 g/mol. The van der Waals surface area contributed by atoms with Crippen LogP contribution in [0, 0.1) is 12.7 Å². The van der Waals surface area contributed by atoms with Crippen LogP contribution >= 0.6 is 11.6 Å². The van der Waals surface area contributed by atoms with E-state index in [1.807, 2.05) is 13.0 Å². The third-order valence-corrected chi connectivity index (χ3v) is 6.07. The zero-order valence-electron chi connectivity index (χ0n) is 13.1. The van der Waals surface area contributed by atoms with Crippen LogP contribution in [0.1, 0.15) is 11.5 Å². The highest BCUT2D eigenvalue weighted by atomic mass is 35.5. The summed E-state index contributed by atoms with van der Waals surface area (Å²) in [5.41, 5.74) is 0.813. The van der Waals surface area contributed by atoms with Gasteiger partial charge < -0.3 is 4.52 Å². The minimum absolute atomic E-state index is 0.166. The Balaban J connectivity index is 1.67. The van der Waals surface area contributed by atoms with Crippen molar-refractivity contribution in [3.63, 3.8) is 0 Å². The second-order valence-corrected chi connectivity index (χ2v) is 8.03. The van der Waals surface area contributed by atoms with Gasteiger partial charge in [0.2, 0.25) is 10.0 Å². The molecule has 3 rings (SSSR count). The maximum absolute atomic E-state index is 13.9. The van der Waals surface area contributed by atoms with Crippen LogP contribution in [0.4, 0.5) is 4.39 Å². The summed E-state index contributed by atoms with van der Waals surface area (Å²) in [6.07, 6.45) is 0. The molecular formula is C15H17ClFN3O3S. The molecule has 0 atom stereocenters. The predicted molar refractivity (Wildman–Crippen MR) is 86.7 cm³/mol. The molecule has 1 aromatic heterocycles. The van der Waals surface area contributed by atoms with Gasteiger partial charge in [-0.2, -0.15) is 4.31 Å². The van der Waals surface area contributed by atoms with Crippen molar-refractivity contribution in [2.45, 2.75) is 18.4 Å². The highest BCUT2D eigenvalue weighted by molar-refractivity contribution is 7.89. The van der Waals surface area contributed by atoms with Gasteiger partial charge in [-0.15, -0.1) is 0 Å². The number of benzene rings is 1. The summed E-state index contributed by atoms with van der Waals surface area (Å²) in [5.74, 6) is -0.0903. The zero-order valence-corrected chi connectivity index (χ0v) is 14.6.